The first-order chi connectivity index (χ1) is 16.3. The van der Waals surface area contributed by atoms with E-state index < -0.39 is 0 Å². The Hall–Kier alpha value is -3.07. The standard InChI is InChI=1S/C24H19BrCl2N4O3/c1-34-21-5-2-13(8-16(21)25)6-7-28-24(33)31-22-12-29-19-4-3-14(11-20(19)30-22)15-9-17(26)23(32)18(27)10-15/h2-5,8-12,32H,6-7H2,1H3,(H2,28,30,31,33). The number of phenols is 1. The number of aromatic hydroxyl groups is 1. The number of urea groups is 1. The van der Waals surface area contributed by atoms with E-state index in [1.165, 1.54) is 6.20 Å². The molecule has 2 amide bonds. The van der Waals surface area contributed by atoms with Gasteiger partial charge in [-0.1, -0.05) is 35.3 Å². The maximum atomic E-state index is 12.3. The Kier molecular flexibility index (Phi) is 7.41. The third-order valence-electron chi connectivity index (χ3n) is 5.05. The van der Waals surface area contributed by atoms with Gasteiger partial charge in [0, 0.05) is 6.54 Å². The largest absolute Gasteiger partial charge is 0.505 e. The predicted molar refractivity (Wildman–Crippen MR) is 138 cm³/mol. The van der Waals surface area contributed by atoms with Crippen LogP contribution in [0.3, 0.4) is 0 Å². The first-order valence-electron chi connectivity index (χ1n) is 10.2. The van der Waals surface area contributed by atoms with Gasteiger partial charge in [0.25, 0.3) is 0 Å². The fourth-order valence-corrected chi connectivity index (χ4v) is 4.40. The van der Waals surface area contributed by atoms with E-state index in [-0.39, 0.29) is 21.8 Å². The smallest absolute Gasteiger partial charge is 0.320 e. The average Bonchev–Trinajstić information content (AvgIpc) is 2.82. The zero-order valence-corrected chi connectivity index (χ0v) is 21.0. The van der Waals surface area contributed by atoms with Crippen molar-refractivity contribution in [1.82, 2.24) is 15.3 Å². The number of hydrogen-bond acceptors (Lipinski definition) is 5. The van der Waals surface area contributed by atoms with Crippen molar-refractivity contribution < 1.29 is 14.6 Å². The summed E-state index contributed by atoms with van der Waals surface area (Å²) >= 11 is 15.6. The van der Waals surface area contributed by atoms with Gasteiger partial charge < -0.3 is 15.2 Å². The molecule has 3 aromatic carbocycles. The minimum Gasteiger partial charge on any atom is -0.505 e. The summed E-state index contributed by atoms with van der Waals surface area (Å²) in [6.45, 7) is 0.443. The van der Waals surface area contributed by atoms with Crippen LogP contribution in [0.5, 0.6) is 11.5 Å². The van der Waals surface area contributed by atoms with E-state index in [0.717, 1.165) is 26.9 Å². The summed E-state index contributed by atoms with van der Waals surface area (Å²) in [6, 6.07) is 14.1. The summed E-state index contributed by atoms with van der Waals surface area (Å²) in [5.74, 6) is 0.907. The van der Waals surface area contributed by atoms with E-state index in [1.54, 1.807) is 19.2 Å². The van der Waals surface area contributed by atoms with Crippen LogP contribution in [0.25, 0.3) is 22.2 Å². The van der Waals surface area contributed by atoms with E-state index in [9.17, 15) is 9.90 Å². The van der Waals surface area contributed by atoms with Gasteiger partial charge in [-0.25, -0.2) is 9.78 Å². The molecular formula is C24H19BrCl2N4O3. The number of hydrogen-bond donors (Lipinski definition) is 3. The number of ether oxygens (including phenoxy) is 1. The fourth-order valence-electron chi connectivity index (χ4n) is 3.33. The molecule has 0 aliphatic rings. The molecule has 0 aliphatic heterocycles. The molecule has 0 unspecified atom stereocenters. The second kappa shape index (κ2) is 10.5. The van der Waals surface area contributed by atoms with Crippen molar-refractivity contribution in [2.75, 3.05) is 19.0 Å². The molecule has 0 spiro atoms. The van der Waals surface area contributed by atoms with Gasteiger partial charge in [-0.05, 0) is 75.4 Å². The summed E-state index contributed by atoms with van der Waals surface area (Å²) in [7, 11) is 1.61. The summed E-state index contributed by atoms with van der Waals surface area (Å²) in [4.78, 5) is 21.2. The number of rotatable bonds is 6. The molecule has 4 aromatic rings. The molecule has 174 valence electrons. The first-order valence-corrected chi connectivity index (χ1v) is 11.7. The highest BCUT2D eigenvalue weighted by molar-refractivity contribution is 9.10. The fraction of sp³-hybridized carbons (Fsp3) is 0.125. The molecule has 0 saturated carbocycles. The van der Waals surface area contributed by atoms with E-state index in [2.05, 4.69) is 36.5 Å². The number of halogens is 3. The van der Waals surface area contributed by atoms with E-state index in [4.69, 9.17) is 27.9 Å². The van der Waals surface area contributed by atoms with Gasteiger partial charge in [0.15, 0.2) is 11.6 Å². The maximum Gasteiger partial charge on any atom is 0.320 e. The second-order valence-electron chi connectivity index (χ2n) is 7.35. The van der Waals surface area contributed by atoms with Crippen LogP contribution in [0.2, 0.25) is 10.0 Å². The normalized spacial score (nSPS) is 10.8. The van der Waals surface area contributed by atoms with Crippen molar-refractivity contribution >= 4 is 62.0 Å². The summed E-state index contributed by atoms with van der Waals surface area (Å²) in [5.41, 5.74) is 3.81. The van der Waals surface area contributed by atoms with Crippen molar-refractivity contribution in [2.45, 2.75) is 6.42 Å². The van der Waals surface area contributed by atoms with Crippen molar-refractivity contribution in [3.05, 3.63) is 74.8 Å². The highest BCUT2D eigenvalue weighted by Gasteiger charge is 2.10. The number of carbonyl (C=O) groups is 1. The van der Waals surface area contributed by atoms with Crippen LogP contribution in [0.15, 0.2) is 59.2 Å². The van der Waals surface area contributed by atoms with E-state index in [0.29, 0.717) is 29.8 Å². The topological polar surface area (TPSA) is 96.4 Å². The molecule has 10 heteroatoms. The molecule has 0 atom stereocenters. The van der Waals surface area contributed by atoms with Crippen LogP contribution in [0, 0.1) is 0 Å². The monoisotopic (exact) mass is 560 g/mol. The zero-order valence-electron chi connectivity index (χ0n) is 17.9. The number of amides is 2. The van der Waals surface area contributed by atoms with E-state index >= 15 is 0 Å². The van der Waals surface area contributed by atoms with Crippen LogP contribution in [-0.4, -0.2) is 34.8 Å². The van der Waals surface area contributed by atoms with Crippen molar-refractivity contribution in [1.29, 1.82) is 0 Å². The zero-order chi connectivity index (χ0) is 24.2. The number of nitrogens with one attached hydrogen (secondary N) is 2. The molecule has 1 heterocycles. The molecular weight excluding hydrogens is 543 g/mol. The molecule has 34 heavy (non-hydrogen) atoms. The van der Waals surface area contributed by atoms with Crippen LogP contribution in [0.4, 0.5) is 10.6 Å². The Balaban J connectivity index is 1.43. The Morgan fingerprint density at radius 1 is 1.06 bits per heavy atom. The number of benzene rings is 3. The minimum atomic E-state index is -0.380. The van der Waals surface area contributed by atoms with Gasteiger partial charge in [0.1, 0.15) is 5.75 Å². The highest BCUT2D eigenvalue weighted by atomic mass is 79.9. The summed E-state index contributed by atoms with van der Waals surface area (Å²) in [5, 5.41) is 15.6. The lowest BCUT2D eigenvalue weighted by molar-refractivity contribution is 0.252. The molecule has 1 aromatic heterocycles. The molecule has 3 N–H and O–H groups in total. The van der Waals surface area contributed by atoms with Crippen molar-refractivity contribution in [3.63, 3.8) is 0 Å². The minimum absolute atomic E-state index is 0.155. The molecule has 0 radical (unpaired) electrons. The average molecular weight is 562 g/mol. The quantitative estimate of drug-likeness (QED) is 0.251. The van der Waals surface area contributed by atoms with Crippen molar-refractivity contribution in [2.24, 2.45) is 0 Å². The summed E-state index contributed by atoms with van der Waals surface area (Å²) in [6.07, 6.45) is 2.15. The van der Waals surface area contributed by atoms with Crippen LogP contribution in [0.1, 0.15) is 5.56 Å². The molecule has 0 saturated heterocycles. The lowest BCUT2D eigenvalue weighted by Crippen LogP contribution is -2.30. The number of aromatic nitrogens is 2. The number of nitrogens with zero attached hydrogens (tertiary/aromatic N) is 2. The van der Waals surface area contributed by atoms with Crippen LogP contribution in [-0.2, 0) is 6.42 Å². The SMILES string of the molecule is COc1ccc(CCNC(=O)Nc2cnc3ccc(-c4cc(Cl)c(O)c(Cl)c4)cc3n2)cc1Br. The van der Waals surface area contributed by atoms with Gasteiger partial charge in [-0.15, -0.1) is 0 Å². The maximum absolute atomic E-state index is 12.3. The number of phenolic OH excluding ortho intramolecular Hbond substituents is 1. The Morgan fingerprint density at radius 2 is 1.82 bits per heavy atom. The third-order valence-corrected chi connectivity index (χ3v) is 6.25. The van der Waals surface area contributed by atoms with Gasteiger partial charge in [0.05, 0.1) is 38.9 Å². The molecule has 0 bridgehead atoms. The molecule has 0 fully saturated rings. The lowest BCUT2D eigenvalue weighted by atomic mass is 10.0. The predicted octanol–water partition coefficient (Wildman–Crippen LogP) is 6.44. The Morgan fingerprint density at radius 3 is 2.53 bits per heavy atom. The third kappa shape index (κ3) is 5.52. The number of anilines is 1. The number of fused-ring (bicyclic) bond motifs is 1. The van der Waals surface area contributed by atoms with Crippen molar-refractivity contribution in [3.8, 4) is 22.6 Å². The first kappa shape index (κ1) is 24.1. The number of carbonyl (C=O) groups excluding carboxylic acids is 1. The molecule has 4 rings (SSSR count). The van der Waals surface area contributed by atoms with Gasteiger partial charge >= 0.3 is 6.03 Å². The summed E-state index contributed by atoms with van der Waals surface area (Å²) < 4.78 is 6.09. The Labute approximate surface area is 214 Å². The van der Waals surface area contributed by atoms with Gasteiger partial charge in [-0.3, -0.25) is 10.3 Å². The molecule has 0 aliphatic carbocycles. The van der Waals surface area contributed by atoms with Crippen LogP contribution >= 0.6 is 39.1 Å². The molecule has 7 nitrogen and oxygen atoms in total. The van der Waals surface area contributed by atoms with Gasteiger partial charge in [0.2, 0.25) is 0 Å². The second-order valence-corrected chi connectivity index (χ2v) is 9.02. The lowest BCUT2D eigenvalue weighted by Gasteiger charge is -2.10. The van der Waals surface area contributed by atoms with Gasteiger partial charge in [-0.2, -0.15) is 0 Å². The van der Waals surface area contributed by atoms with Crippen LogP contribution < -0.4 is 15.4 Å². The highest BCUT2D eigenvalue weighted by Crippen LogP contribution is 2.37. The Bertz CT molecular complexity index is 1360. The number of methoxy groups -OCH3 is 1. The van der Waals surface area contributed by atoms with E-state index in [1.807, 2.05) is 36.4 Å².